The van der Waals surface area contributed by atoms with E-state index < -0.39 is 0 Å². The van der Waals surface area contributed by atoms with Gasteiger partial charge in [0.25, 0.3) is 0 Å². The second-order valence-electron chi connectivity index (χ2n) is 6.49. The van der Waals surface area contributed by atoms with Crippen LogP contribution in [0.2, 0.25) is 0 Å². The molecule has 1 aliphatic carbocycles. The van der Waals surface area contributed by atoms with Crippen LogP contribution in [0.4, 0.5) is 0 Å². The predicted molar refractivity (Wildman–Crippen MR) is 67.6 cm³/mol. The molecule has 0 aromatic rings. The minimum atomic E-state index is 0.0822. The van der Waals surface area contributed by atoms with E-state index in [1.54, 1.807) is 0 Å². The van der Waals surface area contributed by atoms with Gasteiger partial charge in [-0.15, -0.1) is 0 Å². The molecule has 2 aliphatic rings. The van der Waals surface area contributed by atoms with E-state index in [1.807, 2.05) is 0 Å². The maximum absolute atomic E-state index is 5.74. The van der Waals surface area contributed by atoms with Crippen LogP contribution in [0.15, 0.2) is 0 Å². The van der Waals surface area contributed by atoms with Gasteiger partial charge in [-0.2, -0.15) is 0 Å². The molecule has 0 aromatic heterocycles. The van der Waals surface area contributed by atoms with Gasteiger partial charge in [-0.3, -0.25) is 0 Å². The highest BCUT2D eigenvalue weighted by atomic mass is 16.5. The summed E-state index contributed by atoms with van der Waals surface area (Å²) in [5.74, 6) is 1.89. The third-order valence-corrected chi connectivity index (χ3v) is 4.20. The molecule has 94 valence electrons. The number of nitrogens with one attached hydrogen (secondary N) is 1. The summed E-state index contributed by atoms with van der Waals surface area (Å²) in [5, 5.41) is 3.76. The predicted octanol–water partition coefficient (Wildman–Crippen LogP) is 2.97. The van der Waals surface area contributed by atoms with Crippen LogP contribution in [0, 0.1) is 11.8 Å². The number of rotatable bonds is 3. The van der Waals surface area contributed by atoms with Crippen LogP contribution < -0.4 is 5.32 Å². The highest BCUT2D eigenvalue weighted by Gasteiger charge is 2.29. The standard InChI is InChI=1S/C14H27NO/c1-11-4-5-12(8-11)10-15-13-6-7-16-14(2,3)9-13/h11-13,15H,4-10H2,1-3H3. The minimum Gasteiger partial charge on any atom is -0.375 e. The van der Waals surface area contributed by atoms with E-state index in [-0.39, 0.29) is 5.60 Å². The summed E-state index contributed by atoms with van der Waals surface area (Å²) in [7, 11) is 0. The lowest BCUT2D eigenvalue weighted by Gasteiger charge is -2.36. The van der Waals surface area contributed by atoms with Crippen molar-refractivity contribution in [2.75, 3.05) is 13.2 Å². The molecular formula is C14H27NO. The SMILES string of the molecule is CC1CCC(CNC2CCOC(C)(C)C2)C1. The molecule has 1 heterocycles. The zero-order valence-corrected chi connectivity index (χ0v) is 11.1. The maximum Gasteiger partial charge on any atom is 0.0641 e. The first kappa shape index (κ1) is 12.4. The molecule has 3 atom stereocenters. The molecule has 16 heavy (non-hydrogen) atoms. The summed E-state index contributed by atoms with van der Waals surface area (Å²) in [6, 6.07) is 0.680. The summed E-state index contributed by atoms with van der Waals surface area (Å²) in [6.45, 7) is 8.95. The lowest BCUT2D eigenvalue weighted by atomic mass is 9.93. The quantitative estimate of drug-likeness (QED) is 0.797. The zero-order valence-electron chi connectivity index (χ0n) is 11.1. The topological polar surface area (TPSA) is 21.3 Å². The summed E-state index contributed by atoms with van der Waals surface area (Å²) in [4.78, 5) is 0. The summed E-state index contributed by atoms with van der Waals surface area (Å²) < 4.78 is 5.74. The largest absolute Gasteiger partial charge is 0.375 e. The van der Waals surface area contributed by atoms with Crippen molar-refractivity contribution in [3.63, 3.8) is 0 Å². The van der Waals surface area contributed by atoms with Crippen LogP contribution in [0.1, 0.15) is 52.9 Å². The van der Waals surface area contributed by atoms with Gasteiger partial charge in [-0.1, -0.05) is 13.3 Å². The second kappa shape index (κ2) is 5.05. The van der Waals surface area contributed by atoms with Gasteiger partial charge in [0.2, 0.25) is 0 Å². The lowest BCUT2D eigenvalue weighted by Crippen LogP contribution is -2.44. The van der Waals surface area contributed by atoms with Crippen molar-refractivity contribution >= 4 is 0 Å². The van der Waals surface area contributed by atoms with E-state index in [9.17, 15) is 0 Å². The molecule has 1 saturated carbocycles. The molecule has 1 N–H and O–H groups in total. The van der Waals surface area contributed by atoms with Crippen molar-refractivity contribution in [3.05, 3.63) is 0 Å². The molecule has 0 bridgehead atoms. The molecule has 1 saturated heterocycles. The Labute approximate surface area is 100 Å². The Bertz CT molecular complexity index is 227. The van der Waals surface area contributed by atoms with E-state index in [4.69, 9.17) is 4.74 Å². The zero-order chi connectivity index (χ0) is 11.6. The van der Waals surface area contributed by atoms with Crippen LogP contribution >= 0.6 is 0 Å². The minimum absolute atomic E-state index is 0.0822. The lowest BCUT2D eigenvalue weighted by molar-refractivity contribution is -0.0631. The van der Waals surface area contributed by atoms with Gasteiger partial charge >= 0.3 is 0 Å². The smallest absolute Gasteiger partial charge is 0.0641 e. The highest BCUT2D eigenvalue weighted by Crippen LogP contribution is 2.30. The molecule has 2 fully saturated rings. The van der Waals surface area contributed by atoms with Gasteiger partial charge in [-0.05, 0) is 57.9 Å². The molecule has 3 unspecified atom stereocenters. The van der Waals surface area contributed by atoms with Gasteiger partial charge in [0.05, 0.1) is 5.60 Å². The van der Waals surface area contributed by atoms with Crippen molar-refractivity contribution in [2.45, 2.75) is 64.5 Å². The fourth-order valence-corrected chi connectivity index (χ4v) is 3.25. The van der Waals surface area contributed by atoms with Gasteiger partial charge < -0.3 is 10.1 Å². The third-order valence-electron chi connectivity index (χ3n) is 4.20. The van der Waals surface area contributed by atoms with Crippen molar-refractivity contribution in [1.82, 2.24) is 5.32 Å². The molecule has 0 spiro atoms. The van der Waals surface area contributed by atoms with E-state index in [0.29, 0.717) is 6.04 Å². The number of hydrogen-bond donors (Lipinski definition) is 1. The van der Waals surface area contributed by atoms with E-state index >= 15 is 0 Å². The van der Waals surface area contributed by atoms with Crippen molar-refractivity contribution < 1.29 is 4.74 Å². The number of hydrogen-bond acceptors (Lipinski definition) is 2. The second-order valence-corrected chi connectivity index (χ2v) is 6.49. The van der Waals surface area contributed by atoms with Gasteiger partial charge in [0.1, 0.15) is 0 Å². The van der Waals surface area contributed by atoms with Crippen LogP contribution in [0.25, 0.3) is 0 Å². The van der Waals surface area contributed by atoms with E-state index in [1.165, 1.54) is 32.2 Å². The molecule has 2 nitrogen and oxygen atoms in total. The van der Waals surface area contributed by atoms with Crippen LogP contribution in [-0.2, 0) is 4.74 Å². The fourth-order valence-electron chi connectivity index (χ4n) is 3.25. The van der Waals surface area contributed by atoms with E-state index in [2.05, 4.69) is 26.1 Å². The molecule has 1 aliphatic heterocycles. The Morgan fingerprint density at radius 2 is 2.06 bits per heavy atom. The third kappa shape index (κ3) is 3.46. The summed E-state index contributed by atoms with van der Waals surface area (Å²) in [6.07, 6.45) is 6.65. The molecule has 0 radical (unpaired) electrons. The molecular weight excluding hydrogens is 198 g/mol. The monoisotopic (exact) mass is 225 g/mol. The maximum atomic E-state index is 5.74. The molecule has 2 rings (SSSR count). The summed E-state index contributed by atoms with van der Waals surface area (Å²) >= 11 is 0. The fraction of sp³-hybridized carbons (Fsp3) is 1.00. The first-order valence-corrected chi connectivity index (χ1v) is 6.92. The summed E-state index contributed by atoms with van der Waals surface area (Å²) in [5.41, 5.74) is 0.0822. The van der Waals surface area contributed by atoms with Crippen LogP contribution in [0.3, 0.4) is 0 Å². The van der Waals surface area contributed by atoms with Crippen LogP contribution in [0.5, 0.6) is 0 Å². The first-order chi connectivity index (χ1) is 7.55. The molecule has 2 heteroatoms. The number of ether oxygens (including phenoxy) is 1. The highest BCUT2D eigenvalue weighted by molar-refractivity contribution is 4.84. The Morgan fingerprint density at radius 3 is 2.69 bits per heavy atom. The van der Waals surface area contributed by atoms with E-state index in [0.717, 1.165) is 24.9 Å². The Kier molecular flexibility index (Phi) is 3.91. The first-order valence-electron chi connectivity index (χ1n) is 6.92. The van der Waals surface area contributed by atoms with Crippen molar-refractivity contribution in [1.29, 1.82) is 0 Å². The molecule has 0 aromatic carbocycles. The van der Waals surface area contributed by atoms with Gasteiger partial charge in [-0.25, -0.2) is 0 Å². The van der Waals surface area contributed by atoms with Gasteiger partial charge in [0, 0.05) is 12.6 Å². The molecule has 0 amide bonds. The normalized spacial score (nSPS) is 38.8. The van der Waals surface area contributed by atoms with Crippen molar-refractivity contribution in [2.24, 2.45) is 11.8 Å². The Hall–Kier alpha value is -0.0800. The van der Waals surface area contributed by atoms with Gasteiger partial charge in [0.15, 0.2) is 0 Å². The average molecular weight is 225 g/mol. The van der Waals surface area contributed by atoms with Crippen molar-refractivity contribution in [3.8, 4) is 0 Å². The Morgan fingerprint density at radius 1 is 1.25 bits per heavy atom. The Balaban J connectivity index is 1.69. The van der Waals surface area contributed by atoms with Crippen LogP contribution in [-0.4, -0.2) is 24.8 Å². The average Bonchev–Trinajstić information content (AvgIpc) is 2.60.